The van der Waals surface area contributed by atoms with Crippen LogP contribution >= 0.6 is 11.3 Å². The summed E-state index contributed by atoms with van der Waals surface area (Å²) in [4.78, 5) is 29.9. The second-order valence-electron chi connectivity index (χ2n) is 7.16. The van der Waals surface area contributed by atoms with Crippen molar-refractivity contribution in [2.75, 3.05) is 36.8 Å². The Hall–Kier alpha value is -3.16. The van der Waals surface area contributed by atoms with Crippen LogP contribution in [0.2, 0.25) is 0 Å². The van der Waals surface area contributed by atoms with E-state index in [4.69, 9.17) is 0 Å². The summed E-state index contributed by atoms with van der Waals surface area (Å²) >= 11 is 1.30. The van der Waals surface area contributed by atoms with Gasteiger partial charge in [0.05, 0.1) is 9.88 Å². The van der Waals surface area contributed by atoms with Gasteiger partial charge in [0, 0.05) is 38.4 Å². The number of amides is 3. The lowest BCUT2D eigenvalue weighted by atomic mass is 10.2. The molecule has 2 heterocycles. The number of carbonyl (C=O) groups excluding carboxylic acids is 2. The van der Waals surface area contributed by atoms with E-state index in [1.165, 1.54) is 16.9 Å². The normalized spacial score (nSPS) is 14.3. The number of nitrogens with one attached hydrogen (secondary N) is 2. The highest BCUT2D eigenvalue weighted by atomic mass is 32.1. The Balaban J connectivity index is 1.27. The number of anilines is 2. The molecule has 0 aliphatic carbocycles. The summed E-state index contributed by atoms with van der Waals surface area (Å²) in [5.41, 5.74) is 2.01. The van der Waals surface area contributed by atoms with Crippen LogP contribution in [-0.2, 0) is 6.54 Å². The molecule has 0 atom stereocenters. The molecule has 154 valence electrons. The average Bonchev–Trinajstić information content (AvgIpc) is 3.23. The van der Waals surface area contributed by atoms with Crippen molar-refractivity contribution in [2.45, 2.75) is 6.54 Å². The van der Waals surface area contributed by atoms with Gasteiger partial charge in [-0.15, -0.1) is 11.3 Å². The van der Waals surface area contributed by atoms with Crippen LogP contribution in [0.15, 0.2) is 72.8 Å². The lowest BCUT2D eigenvalue weighted by molar-refractivity contribution is 0.0633. The molecule has 2 aromatic carbocycles. The summed E-state index contributed by atoms with van der Waals surface area (Å²) in [7, 11) is 0. The number of urea groups is 1. The van der Waals surface area contributed by atoms with Gasteiger partial charge in [-0.3, -0.25) is 15.0 Å². The predicted molar refractivity (Wildman–Crippen MR) is 121 cm³/mol. The first-order chi connectivity index (χ1) is 14.7. The van der Waals surface area contributed by atoms with Gasteiger partial charge in [0.1, 0.15) is 0 Å². The van der Waals surface area contributed by atoms with Crippen LogP contribution in [0.25, 0.3) is 0 Å². The van der Waals surface area contributed by atoms with Gasteiger partial charge >= 0.3 is 6.03 Å². The molecule has 1 fully saturated rings. The third kappa shape index (κ3) is 5.25. The third-order valence-electron chi connectivity index (χ3n) is 4.99. The molecule has 30 heavy (non-hydrogen) atoms. The zero-order valence-corrected chi connectivity index (χ0v) is 17.4. The Morgan fingerprint density at radius 1 is 0.800 bits per heavy atom. The van der Waals surface area contributed by atoms with Gasteiger partial charge in [-0.05, 0) is 29.8 Å². The maximum absolute atomic E-state index is 12.8. The van der Waals surface area contributed by atoms with Gasteiger partial charge in [0.15, 0.2) is 0 Å². The second-order valence-corrected chi connectivity index (χ2v) is 8.25. The number of benzene rings is 2. The van der Waals surface area contributed by atoms with E-state index < -0.39 is 0 Å². The van der Waals surface area contributed by atoms with Crippen molar-refractivity contribution in [1.29, 1.82) is 0 Å². The van der Waals surface area contributed by atoms with Gasteiger partial charge in [-0.1, -0.05) is 48.5 Å². The quantitative estimate of drug-likeness (QED) is 0.645. The zero-order valence-electron chi connectivity index (χ0n) is 16.6. The highest BCUT2D eigenvalue weighted by molar-refractivity contribution is 7.18. The molecule has 0 radical (unpaired) electrons. The van der Waals surface area contributed by atoms with Crippen LogP contribution in [0.1, 0.15) is 15.2 Å². The number of piperazine rings is 1. The molecule has 3 amide bonds. The van der Waals surface area contributed by atoms with Crippen LogP contribution in [0, 0.1) is 0 Å². The molecule has 0 saturated carbocycles. The van der Waals surface area contributed by atoms with Crippen molar-refractivity contribution >= 4 is 34.0 Å². The first kappa shape index (κ1) is 20.1. The molecular weight excluding hydrogens is 396 g/mol. The summed E-state index contributed by atoms with van der Waals surface area (Å²) in [6.07, 6.45) is 0. The molecule has 3 aromatic rings. The molecule has 0 unspecified atom stereocenters. The number of carbonyl (C=O) groups is 2. The second kappa shape index (κ2) is 9.56. The molecule has 2 N–H and O–H groups in total. The van der Waals surface area contributed by atoms with Crippen molar-refractivity contribution in [2.24, 2.45) is 0 Å². The molecule has 4 rings (SSSR count). The number of rotatable bonds is 5. The summed E-state index contributed by atoms with van der Waals surface area (Å²) in [5.74, 6) is 0.0240. The smallest absolute Gasteiger partial charge is 0.324 e. The fourth-order valence-corrected chi connectivity index (χ4v) is 4.29. The molecule has 6 nitrogen and oxygen atoms in total. The minimum atomic E-state index is -0.323. The lowest BCUT2D eigenvalue weighted by Crippen LogP contribution is -2.48. The van der Waals surface area contributed by atoms with E-state index in [1.54, 1.807) is 12.1 Å². The van der Waals surface area contributed by atoms with Gasteiger partial charge in [-0.2, -0.15) is 0 Å². The molecule has 7 heteroatoms. The highest BCUT2D eigenvalue weighted by Crippen LogP contribution is 2.24. The van der Waals surface area contributed by atoms with Crippen LogP contribution in [0.3, 0.4) is 0 Å². The minimum absolute atomic E-state index is 0.0240. The van der Waals surface area contributed by atoms with Crippen LogP contribution in [0.4, 0.5) is 15.5 Å². The summed E-state index contributed by atoms with van der Waals surface area (Å²) in [5, 5.41) is 6.21. The van der Waals surface area contributed by atoms with E-state index in [2.05, 4.69) is 39.8 Å². The van der Waals surface area contributed by atoms with Crippen molar-refractivity contribution in [3.8, 4) is 0 Å². The maximum Gasteiger partial charge on any atom is 0.324 e. The van der Waals surface area contributed by atoms with E-state index in [0.717, 1.165) is 25.3 Å². The van der Waals surface area contributed by atoms with Gasteiger partial charge in [0.2, 0.25) is 0 Å². The number of nitrogens with zero attached hydrogens (tertiary/aromatic N) is 2. The van der Waals surface area contributed by atoms with Crippen LogP contribution < -0.4 is 10.6 Å². The van der Waals surface area contributed by atoms with Gasteiger partial charge in [0.25, 0.3) is 5.91 Å². The topological polar surface area (TPSA) is 64.7 Å². The van der Waals surface area contributed by atoms with E-state index >= 15 is 0 Å². The average molecular weight is 421 g/mol. The molecule has 1 aliphatic heterocycles. The SMILES string of the molecule is O=C(Nc1ccccc1)Nc1ccc(C(=O)N2CCN(Cc3ccccc3)CC2)s1. The molecule has 1 saturated heterocycles. The first-order valence-electron chi connectivity index (χ1n) is 9.96. The van der Waals surface area contributed by atoms with Crippen LogP contribution in [0.5, 0.6) is 0 Å². The monoisotopic (exact) mass is 420 g/mol. The number of hydrogen-bond donors (Lipinski definition) is 2. The highest BCUT2D eigenvalue weighted by Gasteiger charge is 2.23. The van der Waals surface area contributed by atoms with Crippen molar-refractivity contribution in [1.82, 2.24) is 9.80 Å². The predicted octanol–water partition coefficient (Wildman–Crippen LogP) is 4.35. The molecule has 1 aliphatic rings. The standard InChI is InChI=1S/C23H24N4O2S/c28-22(27-15-13-26(14-16-27)17-18-7-3-1-4-8-18)20-11-12-21(30-20)25-23(29)24-19-9-5-2-6-10-19/h1-12H,13-17H2,(H2,24,25,29). The zero-order chi connectivity index (χ0) is 20.8. The first-order valence-corrected chi connectivity index (χ1v) is 10.8. The van der Waals surface area contributed by atoms with Gasteiger partial charge in [-0.25, -0.2) is 4.79 Å². The molecule has 0 spiro atoms. The molecule has 0 bridgehead atoms. The molecular formula is C23H24N4O2S. The van der Waals surface area contributed by atoms with Crippen molar-refractivity contribution in [3.63, 3.8) is 0 Å². The fourth-order valence-electron chi connectivity index (χ4n) is 3.42. The summed E-state index contributed by atoms with van der Waals surface area (Å²) < 4.78 is 0. The molecule has 1 aromatic heterocycles. The van der Waals surface area contributed by atoms with Crippen LogP contribution in [-0.4, -0.2) is 47.9 Å². The van der Waals surface area contributed by atoms with E-state index in [9.17, 15) is 9.59 Å². The number of hydrogen-bond acceptors (Lipinski definition) is 4. The Kier molecular flexibility index (Phi) is 6.41. The summed E-state index contributed by atoms with van der Waals surface area (Å²) in [6, 6.07) is 22.9. The van der Waals surface area contributed by atoms with Crippen molar-refractivity contribution < 1.29 is 9.59 Å². The van der Waals surface area contributed by atoms with E-state index in [-0.39, 0.29) is 11.9 Å². The van der Waals surface area contributed by atoms with E-state index in [1.807, 2.05) is 41.3 Å². The largest absolute Gasteiger partial charge is 0.335 e. The summed E-state index contributed by atoms with van der Waals surface area (Å²) in [6.45, 7) is 4.04. The van der Waals surface area contributed by atoms with Crippen molar-refractivity contribution in [3.05, 3.63) is 83.2 Å². The van der Waals surface area contributed by atoms with E-state index in [0.29, 0.717) is 23.0 Å². The maximum atomic E-state index is 12.8. The Bertz CT molecular complexity index is 983. The number of thiophene rings is 1. The lowest BCUT2D eigenvalue weighted by Gasteiger charge is -2.34. The minimum Gasteiger partial charge on any atom is -0.335 e. The number of para-hydroxylation sites is 1. The Morgan fingerprint density at radius 2 is 1.47 bits per heavy atom. The third-order valence-corrected chi connectivity index (χ3v) is 5.98. The van der Waals surface area contributed by atoms with Gasteiger partial charge < -0.3 is 10.2 Å². The fraction of sp³-hybridized carbons (Fsp3) is 0.217. The Labute approximate surface area is 180 Å². The Morgan fingerprint density at radius 3 is 2.17 bits per heavy atom.